The molecular formula is C15H15BrN4O. The molecule has 2 aromatic carbocycles. The van der Waals surface area contributed by atoms with Crippen molar-refractivity contribution in [3.05, 3.63) is 58.6 Å². The van der Waals surface area contributed by atoms with E-state index in [-0.39, 0.29) is 0 Å². The van der Waals surface area contributed by atoms with Crippen molar-refractivity contribution in [1.29, 1.82) is 0 Å². The summed E-state index contributed by atoms with van der Waals surface area (Å²) < 4.78 is 6.29. The van der Waals surface area contributed by atoms with Crippen LogP contribution in [-0.4, -0.2) is 18.8 Å². The first-order valence-corrected chi connectivity index (χ1v) is 7.36. The minimum atomic E-state index is 0.638. The van der Waals surface area contributed by atoms with Crippen LogP contribution in [0, 0.1) is 0 Å². The molecule has 0 unspecified atom stereocenters. The minimum absolute atomic E-state index is 0.638. The lowest BCUT2D eigenvalue weighted by molar-refractivity contribution is 0.307. The van der Waals surface area contributed by atoms with Crippen molar-refractivity contribution >= 4 is 21.6 Å². The van der Waals surface area contributed by atoms with Gasteiger partial charge in [-0.1, -0.05) is 33.3 Å². The molecule has 5 nitrogen and oxygen atoms in total. The standard InChI is InChI=1S/C15H15BrN4O/c1-21-15-4-2-3-12(9-15)10-19-11-20(18-17-19)14-7-5-13(16)6-8-14/h2-9H,10-11H2,1H3. The van der Waals surface area contributed by atoms with Gasteiger partial charge in [0, 0.05) is 4.47 Å². The van der Waals surface area contributed by atoms with Crippen LogP contribution in [0.4, 0.5) is 5.69 Å². The van der Waals surface area contributed by atoms with Crippen LogP contribution in [0.2, 0.25) is 0 Å². The molecular weight excluding hydrogens is 332 g/mol. The fourth-order valence-electron chi connectivity index (χ4n) is 2.13. The predicted molar refractivity (Wildman–Crippen MR) is 84.9 cm³/mol. The van der Waals surface area contributed by atoms with Gasteiger partial charge in [-0.2, -0.15) is 0 Å². The van der Waals surface area contributed by atoms with Gasteiger partial charge in [0.1, 0.15) is 12.4 Å². The molecule has 0 saturated heterocycles. The van der Waals surface area contributed by atoms with Crippen molar-refractivity contribution < 1.29 is 4.74 Å². The molecule has 0 atom stereocenters. The Morgan fingerprint density at radius 1 is 1.14 bits per heavy atom. The zero-order valence-corrected chi connectivity index (χ0v) is 13.2. The van der Waals surface area contributed by atoms with Gasteiger partial charge in [-0.15, -0.1) is 0 Å². The van der Waals surface area contributed by atoms with Gasteiger partial charge in [-0.3, -0.25) is 5.01 Å². The Hall–Kier alpha value is -2.08. The number of halogens is 1. The number of hydrogen-bond acceptors (Lipinski definition) is 5. The van der Waals surface area contributed by atoms with Gasteiger partial charge < -0.3 is 4.74 Å². The number of nitrogens with zero attached hydrogens (tertiary/aromatic N) is 4. The van der Waals surface area contributed by atoms with Gasteiger partial charge in [0.25, 0.3) is 0 Å². The van der Waals surface area contributed by atoms with Gasteiger partial charge >= 0.3 is 0 Å². The monoisotopic (exact) mass is 346 g/mol. The van der Waals surface area contributed by atoms with E-state index in [2.05, 4.69) is 32.4 Å². The van der Waals surface area contributed by atoms with Crippen LogP contribution in [-0.2, 0) is 6.54 Å². The van der Waals surface area contributed by atoms with Crippen LogP contribution in [0.15, 0.2) is 63.5 Å². The highest BCUT2D eigenvalue weighted by Gasteiger charge is 2.17. The third-order valence-corrected chi connectivity index (χ3v) is 3.72. The Kier molecular flexibility index (Phi) is 4.06. The van der Waals surface area contributed by atoms with E-state index in [0.29, 0.717) is 13.2 Å². The third-order valence-electron chi connectivity index (χ3n) is 3.20. The van der Waals surface area contributed by atoms with Crippen molar-refractivity contribution in [2.24, 2.45) is 10.4 Å². The predicted octanol–water partition coefficient (Wildman–Crippen LogP) is 4.02. The number of hydrogen-bond donors (Lipinski definition) is 0. The number of benzene rings is 2. The molecule has 1 aliphatic rings. The average Bonchev–Trinajstić information content (AvgIpc) is 2.96. The quantitative estimate of drug-likeness (QED) is 0.839. The van der Waals surface area contributed by atoms with E-state index in [1.165, 1.54) is 0 Å². The van der Waals surface area contributed by atoms with Crippen molar-refractivity contribution in [1.82, 2.24) is 5.01 Å². The van der Waals surface area contributed by atoms with Crippen LogP contribution in [0.3, 0.4) is 0 Å². The first kappa shape index (κ1) is 13.9. The maximum Gasteiger partial charge on any atom is 0.132 e. The fourth-order valence-corrected chi connectivity index (χ4v) is 2.39. The topological polar surface area (TPSA) is 40.4 Å². The lowest BCUT2D eigenvalue weighted by atomic mass is 10.2. The van der Waals surface area contributed by atoms with E-state index in [1.807, 2.05) is 52.5 Å². The van der Waals surface area contributed by atoms with E-state index in [4.69, 9.17) is 4.74 Å². The Bertz CT molecular complexity index is 644. The van der Waals surface area contributed by atoms with Crippen molar-refractivity contribution in [2.75, 3.05) is 18.8 Å². The molecule has 0 aromatic heterocycles. The molecule has 0 fully saturated rings. The molecule has 0 saturated carbocycles. The lowest BCUT2D eigenvalue weighted by Crippen LogP contribution is -2.24. The second-order valence-corrected chi connectivity index (χ2v) is 5.63. The first-order valence-electron chi connectivity index (χ1n) is 6.57. The molecule has 108 valence electrons. The largest absolute Gasteiger partial charge is 0.497 e. The normalized spacial score (nSPS) is 13.8. The third kappa shape index (κ3) is 3.33. The molecule has 0 aliphatic carbocycles. The molecule has 0 spiro atoms. The Morgan fingerprint density at radius 2 is 1.95 bits per heavy atom. The summed E-state index contributed by atoms with van der Waals surface area (Å²) in [5.74, 6) is 0.855. The zero-order chi connectivity index (χ0) is 14.7. The SMILES string of the molecule is COc1cccc(CN2CN(c3ccc(Br)cc3)N=N2)c1. The summed E-state index contributed by atoms with van der Waals surface area (Å²) in [4.78, 5) is 0. The maximum absolute atomic E-state index is 5.23. The van der Waals surface area contributed by atoms with Crippen molar-refractivity contribution in [2.45, 2.75) is 6.54 Å². The fraction of sp³-hybridized carbons (Fsp3) is 0.200. The lowest BCUT2D eigenvalue weighted by Gasteiger charge is -2.16. The van der Waals surface area contributed by atoms with E-state index in [9.17, 15) is 0 Å². The summed E-state index contributed by atoms with van der Waals surface area (Å²) in [6.07, 6.45) is 0. The van der Waals surface area contributed by atoms with Crippen LogP contribution < -0.4 is 9.75 Å². The summed E-state index contributed by atoms with van der Waals surface area (Å²) in [5.41, 5.74) is 2.17. The van der Waals surface area contributed by atoms with Gasteiger partial charge in [0.2, 0.25) is 0 Å². The molecule has 21 heavy (non-hydrogen) atoms. The molecule has 2 aromatic rings. The summed E-state index contributed by atoms with van der Waals surface area (Å²) in [6.45, 7) is 1.34. The number of ether oxygens (including phenoxy) is 1. The summed E-state index contributed by atoms with van der Waals surface area (Å²) >= 11 is 3.43. The highest BCUT2D eigenvalue weighted by atomic mass is 79.9. The molecule has 1 aliphatic heterocycles. The van der Waals surface area contributed by atoms with Crippen LogP contribution >= 0.6 is 15.9 Å². The highest BCUT2D eigenvalue weighted by Crippen LogP contribution is 2.23. The molecule has 0 amide bonds. The first-order chi connectivity index (χ1) is 10.2. The second-order valence-electron chi connectivity index (χ2n) is 4.71. The summed E-state index contributed by atoms with van der Waals surface area (Å²) in [6, 6.07) is 16.0. The highest BCUT2D eigenvalue weighted by molar-refractivity contribution is 9.10. The molecule has 3 rings (SSSR count). The van der Waals surface area contributed by atoms with E-state index < -0.39 is 0 Å². The van der Waals surface area contributed by atoms with Crippen LogP contribution in [0.25, 0.3) is 0 Å². The second kappa shape index (κ2) is 6.13. The number of anilines is 1. The smallest absolute Gasteiger partial charge is 0.132 e. The molecule has 0 radical (unpaired) electrons. The van der Waals surface area contributed by atoms with Crippen molar-refractivity contribution in [3.8, 4) is 5.75 Å². The minimum Gasteiger partial charge on any atom is -0.497 e. The van der Waals surface area contributed by atoms with E-state index in [0.717, 1.165) is 21.5 Å². The Balaban J connectivity index is 1.64. The van der Waals surface area contributed by atoms with Gasteiger partial charge in [-0.05, 0) is 47.2 Å². The summed E-state index contributed by atoms with van der Waals surface area (Å²) in [7, 11) is 1.67. The molecule has 0 N–H and O–H groups in total. The Morgan fingerprint density at radius 3 is 2.71 bits per heavy atom. The number of methoxy groups -OCH3 is 1. The van der Waals surface area contributed by atoms with Crippen LogP contribution in [0.5, 0.6) is 5.75 Å². The average molecular weight is 347 g/mol. The van der Waals surface area contributed by atoms with Crippen LogP contribution in [0.1, 0.15) is 5.56 Å². The van der Waals surface area contributed by atoms with E-state index >= 15 is 0 Å². The van der Waals surface area contributed by atoms with E-state index in [1.54, 1.807) is 7.11 Å². The van der Waals surface area contributed by atoms with Gasteiger partial charge in [0.05, 0.1) is 19.3 Å². The maximum atomic E-state index is 5.23. The molecule has 1 heterocycles. The van der Waals surface area contributed by atoms with Crippen molar-refractivity contribution in [3.63, 3.8) is 0 Å². The van der Waals surface area contributed by atoms with Gasteiger partial charge in [0.15, 0.2) is 0 Å². The molecule has 6 heteroatoms. The molecule has 0 bridgehead atoms. The summed E-state index contributed by atoms with van der Waals surface area (Å²) in [5, 5.41) is 12.2. The Labute approximate surface area is 131 Å². The van der Waals surface area contributed by atoms with Gasteiger partial charge in [-0.25, -0.2) is 5.01 Å². The zero-order valence-electron chi connectivity index (χ0n) is 11.6. The number of rotatable bonds is 4.